The SMILES string of the molecule is CCCCCCC/C=C\C/C=C\C/C=C\CCCCCCCCC(=O)OCC(COC(=O)CCCCCCC/C=C\CCCCCCC)OC(=O)CCCCCCCCCCCCCCCCC. The highest BCUT2D eigenvalue weighted by atomic mass is 16.6. The fraction of sp³-hybridized carbons (Fsp3) is 0.823. The van der Waals surface area contributed by atoms with Crippen LogP contribution in [0.4, 0.5) is 0 Å². The molecule has 0 aromatic heterocycles. The van der Waals surface area contributed by atoms with E-state index in [0.717, 1.165) is 83.5 Å². The van der Waals surface area contributed by atoms with Crippen LogP contribution in [-0.4, -0.2) is 37.2 Å². The van der Waals surface area contributed by atoms with Gasteiger partial charge in [-0.15, -0.1) is 0 Å². The van der Waals surface area contributed by atoms with Crippen molar-refractivity contribution < 1.29 is 28.6 Å². The summed E-state index contributed by atoms with van der Waals surface area (Å²) in [5.74, 6) is -0.883. The molecule has 0 bridgehead atoms. The molecule has 1 atom stereocenters. The number of esters is 3. The number of rotatable bonds is 54. The summed E-state index contributed by atoms with van der Waals surface area (Å²) in [4.78, 5) is 38.2. The second-order valence-corrected chi connectivity index (χ2v) is 19.9. The van der Waals surface area contributed by atoms with E-state index in [-0.39, 0.29) is 31.1 Å². The van der Waals surface area contributed by atoms with Crippen LogP contribution in [0.5, 0.6) is 0 Å². The Morgan fingerprint density at radius 2 is 0.529 bits per heavy atom. The standard InChI is InChI=1S/C62H112O6/c1-4-7-10-13-16-19-22-25-28-29-30-31-32-33-35-37-40-43-46-49-52-55-61(64)67-58-59(57-66-60(63)54-51-48-45-42-39-36-27-24-21-18-15-12-9-6-3)68-62(65)56-53-50-47-44-41-38-34-26-23-20-17-14-11-8-5-2/h22,24-25,27,29-30,32-33,59H,4-21,23,26,28,31,34-58H2,1-3H3/b25-22-,27-24-,30-29-,33-32-. The molecular formula is C62H112O6. The van der Waals surface area contributed by atoms with Gasteiger partial charge in [-0.25, -0.2) is 0 Å². The smallest absolute Gasteiger partial charge is 0.306 e. The number of hydrogen-bond acceptors (Lipinski definition) is 6. The van der Waals surface area contributed by atoms with Crippen LogP contribution in [-0.2, 0) is 28.6 Å². The Labute approximate surface area is 422 Å². The number of ether oxygens (including phenoxy) is 3. The molecule has 0 heterocycles. The van der Waals surface area contributed by atoms with Crippen LogP contribution < -0.4 is 0 Å². The van der Waals surface area contributed by atoms with Crippen molar-refractivity contribution >= 4 is 17.9 Å². The lowest BCUT2D eigenvalue weighted by molar-refractivity contribution is -0.167. The Morgan fingerprint density at radius 1 is 0.294 bits per heavy atom. The summed E-state index contributed by atoms with van der Waals surface area (Å²) in [6, 6.07) is 0. The zero-order chi connectivity index (χ0) is 49.3. The summed E-state index contributed by atoms with van der Waals surface area (Å²) in [7, 11) is 0. The van der Waals surface area contributed by atoms with Gasteiger partial charge in [0.2, 0.25) is 0 Å². The molecule has 396 valence electrons. The Balaban J connectivity index is 4.36. The van der Waals surface area contributed by atoms with E-state index in [2.05, 4.69) is 69.4 Å². The topological polar surface area (TPSA) is 78.9 Å². The van der Waals surface area contributed by atoms with Gasteiger partial charge in [-0.2, -0.15) is 0 Å². The molecular weight excluding hydrogens is 841 g/mol. The Morgan fingerprint density at radius 3 is 0.838 bits per heavy atom. The van der Waals surface area contributed by atoms with Gasteiger partial charge in [0.15, 0.2) is 6.10 Å². The van der Waals surface area contributed by atoms with Crippen molar-refractivity contribution in [3.63, 3.8) is 0 Å². The van der Waals surface area contributed by atoms with Gasteiger partial charge in [0.1, 0.15) is 13.2 Å². The summed E-state index contributed by atoms with van der Waals surface area (Å²) in [6.07, 6.45) is 69.5. The molecule has 0 spiro atoms. The maximum Gasteiger partial charge on any atom is 0.306 e. The van der Waals surface area contributed by atoms with E-state index in [0.29, 0.717) is 19.3 Å². The summed E-state index contributed by atoms with van der Waals surface area (Å²) >= 11 is 0. The van der Waals surface area contributed by atoms with Gasteiger partial charge in [-0.1, -0.05) is 256 Å². The van der Waals surface area contributed by atoms with Crippen LogP contribution in [0.15, 0.2) is 48.6 Å². The fourth-order valence-electron chi connectivity index (χ4n) is 8.56. The van der Waals surface area contributed by atoms with Crippen molar-refractivity contribution in [1.29, 1.82) is 0 Å². The van der Waals surface area contributed by atoms with E-state index in [9.17, 15) is 14.4 Å². The molecule has 0 aliphatic carbocycles. The van der Waals surface area contributed by atoms with Crippen LogP contribution in [0.3, 0.4) is 0 Å². The third kappa shape index (κ3) is 54.3. The first kappa shape index (κ1) is 65.4. The van der Waals surface area contributed by atoms with Gasteiger partial charge in [-0.05, 0) is 83.5 Å². The zero-order valence-corrected chi connectivity index (χ0v) is 45.4. The molecule has 0 aliphatic rings. The molecule has 0 aromatic carbocycles. The number of unbranched alkanes of at least 4 members (excludes halogenated alkanes) is 35. The van der Waals surface area contributed by atoms with Crippen molar-refractivity contribution in [2.24, 2.45) is 0 Å². The van der Waals surface area contributed by atoms with Gasteiger partial charge in [0, 0.05) is 19.3 Å². The van der Waals surface area contributed by atoms with Crippen molar-refractivity contribution in [2.45, 2.75) is 316 Å². The lowest BCUT2D eigenvalue weighted by Gasteiger charge is -2.18. The summed E-state index contributed by atoms with van der Waals surface area (Å²) < 4.78 is 16.9. The minimum atomic E-state index is -0.780. The Bertz CT molecular complexity index is 1190. The first-order valence-electron chi connectivity index (χ1n) is 29.6. The second-order valence-electron chi connectivity index (χ2n) is 19.9. The van der Waals surface area contributed by atoms with Gasteiger partial charge in [0.05, 0.1) is 0 Å². The third-order valence-corrected chi connectivity index (χ3v) is 13.1. The highest BCUT2D eigenvalue weighted by Gasteiger charge is 2.19. The summed E-state index contributed by atoms with van der Waals surface area (Å²) in [5, 5.41) is 0. The number of carbonyl (C=O) groups excluding carboxylic acids is 3. The maximum atomic E-state index is 12.9. The van der Waals surface area contributed by atoms with Crippen molar-refractivity contribution in [3.8, 4) is 0 Å². The minimum absolute atomic E-state index is 0.0789. The van der Waals surface area contributed by atoms with Crippen LogP contribution >= 0.6 is 0 Å². The highest BCUT2D eigenvalue weighted by molar-refractivity contribution is 5.71. The minimum Gasteiger partial charge on any atom is -0.462 e. The molecule has 0 saturated heterocycles. The van der Waals surface area contributed by atoms with Crippen LogP contribution in [0.1, 0.15) is 310 Å². The van der Waals surface area contributed by atoms with Crippen LogP contribution in [0, 0.1) is 0 Å². The maximum absolute atomic E-state index is 12.9. The summed E-state index contributed by atoms with van der Waals surface area (Å²) in [6.45, 7) is 6.64. The summed E-state index contributed by atoms with van der Waals surface area (Å²) in [5.41, 5.74) is 0. The van der Waals surface area contributed by atoms with E-state index in [1.165, 1.54) is 186 Å². The van der Waals surface area contributed by atoms with Gasteiger partial charge < -0.3 is 14.2 Å². The Hall–Kier alpha value is -2.63. The van der Waals surface area contributed by atoms with Crippen LogP contribution in [0.2, 0.25) is 0 Å². The molecule has 0 fully saturated rings. The molecule has 6 heteroatoms. The Kier molecular flexibility index (Phi) is 54.8. The number of hydrogen-bond donors (Lipinski definition) is 0. The molecule has 0 N–H and O–H groups in total. The molecule has 0 saturated carbocycles. The molecule has 1 unspecified atom stereocenters. The van der Waals surface area contributed by atoms with E-state index in [1.54, 1.807) is 0 Å². The average Bonchev–Trinajstić information content (AvgIpc) is 3.34. The predicted octanol–water partition coefficient (Wildman–Crippen LogP) is 19.8. The first-order chi connectivity index (χ1) is 33.5. The van der Waals surface area contributed by atoms with Gasteiger partial charge in [-0.3, -0.25) is 14.4 Å². The molecule has 0 amide bonds. The molecule has 6 nitrogen and oxygen atoms in total. The van der Waals surface area contributed by atoms with Crippen molar-refractivity contribution in [3.05, 3.63) is 48.6 Å². The van der Waals surface area contributed by atoms with Crippen molar-refractivity contribution in [2.75, 3.05) is 13.2 Å². The van der Waals surface area contributed by atoms with Gasteiger partial charge in [0.25, 0.3) is 0 Å². The predicted molar refractivity (Wildman–Crippen MR) is 293 cm³/mol. The average molecular weight is 954 g/mol. The molecule has 0 aliphatic heterocycles. The fourth-order valence-corrected chi connectivity index (χ4v) is 8.56. The molecule has 68 heavy (non-hydrogen) atoms. The monoisotopic (exact) mass is 953 g/mol. The zero-order valence-electron chi connectivity index (χ0n) is 45.4. The highest BCUT2D eigenvalue weighted by Crippen LogP contribution is 2.16. The largest absolute Gasteiger partial charge is 0.462 e. The third-order valence-electron chi connectivity index (χ3n) is 13.1. The molecule has 0 radical (unpaired) electrons. The second kappa shape index (κ2) is 57.0. The number of allylic oxidation sites excluding steroid dienone is 8. The van der Waals surface area contributed by atoms with Crippen molar-refractivity contribution in [1.82, 2.24) is 0 Å². The quantitative estimate of drug-likeness (QED) is 0.0262. The normalized spacial score (nSPS) is 12.3. The lowest BCUT2D eigenvalue weighted by Crippen LogP contribution is -2.30. The number of carbonyl (C=O) groups is 3. The first-order valence-corrected chi connectivity index (χ1v) is 29.6. The van der Waals surface area contributed by atoms with E-state index < -0.39 is 6.10 Å². The molecule has 0 rings (SSSR count). The van der Waals surface area contributed by atoms with Crippen LogP contribution in [0.25, 0.3) is 0 Å². The molecule has 0 aromatic rings. The van der Waals surface area contributed by atoms with E-state index in [4.69, 9.17) is 14.2 Å². The van der Waals surface area contributed by atoms with Gasteiger partial charge >= 0.3 is 17.9 Å². The lowest BCUT2D eigenvalue weighted by atomic mass is 10.0. The van der Waals surface area contributed by atoms with E-state index in [1.807, 2.05) is 0 Å². The van der Waals surface area contributed by atoms with E-state index >= 15 is 0 Å².